The number of para-hydroxylation sites is 2. The first-order valence-corrected chi connectivity index (χ1v) is 6.40. The number of aryl methyl sites for hydroxylation is 1. The molecule has 0 fully saturated rings. The van der Waals surface area contributed by atoms with Gasteiger partial charge in [-0.3, -0.25) is 0 Å². The van der Waals surface area contributed by atoms with Crippen LogP contribution in [0.3, 0.4) is 0 Å². The van der Waals surface area contributed by atoms with Crippen molar-refractivity contribution in [2.45, 2.75) is 33.4 Å². The second-order valence-electron chi connectivity index (χ2n) is 5.02. The second kappa shape index (κ2) is 5.36. The molecular formula is C15H21N3. The number of rotatable bonds is 5. The van der Waals surface area contributed by atoms with Gasteiger partial charge >= 0.3 is 0 Å². The fraction of sp³-hybridized carbons (Fsp3) is 0.400. The normalized spacial score (nSPS) is 11.3. The molecule has 0 aliphatic carbocycles. The third kappa shape index (κ3) is 2.79. The molecule has 1 aromatic heterocycles. The first kappa shape index (κ1) is 12.8. The van der Waals surface area contributed by atoms with Gasteiger partial charge < -0.3 is 9.88 Å². The predicted octanol–water partition coefficient (Wildman–Crippen LogP) is 2.90. The third-order valence-corrected chi connectivity index (χ3v) is 2.99. The van der Waals surface area contributed by atoms with Crippen molar-refractivity contribution in [1.29, 1.82) is 0 Å². The van der Waals surface area contributed by atoms with Crippen molar-refractivity contribution in [1.82, 2.24) is 14.9 Å². The number of benzene rings is 1. The van der Waals surface area contributed by atoms with Crippen molar-refractivity contribution in [3.05, 3.63) is 42.2 Å². The molecule has 3 nitrogen and oxygen atoms in total. The Kier molecular flexibility index (Phi) is 3.82. The van der Waals surface area contributed by atoms with Crippen LogP contribution in [0.4, 0.5) is 0 Å². The highest BCUT2D eigenvalue weighted by molar-refractivity contribution is 5.75. The largest absolute Gasteiger partial charge is 0.324 e. The summed E-state index contributed by atoms with van der Waals surface area (Å²) in [4.78, 5) is 4.56. The molecule has 2 rings (SSSR count). The van der Waals surface area contributed by atoms with Crippen molar-refractivity contribution in [3.8, 4) is 0 Å². The lowest BCUT2D eigenvalue weighted by molar-refractivity contribution is 0.603. The van der Waals surface area contributed by atoms with Crippen LogP contribution in [0.1, 0.15) is 19.7 Å². The zero-order chi connectivity index (χ0) is 13.1. The second-order valence-corrected chi connectivity index (χ2v) is 5.02. The van der Waals surface area contributed by atoms with Gasteiger partial charge in [-0.05, 0) is 24.6 Å². The van der Waals surface area contributed by atoms with E-state index in [-0.39, 0.29) is 0 Å². The molecule has 0 unspecified atom stereocenters. The van der Waals surface area contributed by atoms with Gasteiger partial charge in [0.1, 0.15) is 5.82 Å². The van der Waals surface area contributed by atoms with Crippen molar-refractivity contribution in [3.63, 3.8) is 0 Å². The zero-order valence-corrected chi connectivity index (χ0v) is 11.4. The van der Waals surface area contributed by atoms with Gasteiger partial charge in [0.2, 0.25) is 0 Å². The summed E-state index contributed by atoms with van der Waals surface area (Å²) in [5.74, 6) is 1.04. The van der Waals surface area contributed by atoms with E-state index in [4.69, 9.17) is 0 Å². The summed E-state index contributed by atoms with van der Waals surface area (Å²) >= 11 is 0. The number of hydrogen-bond donors (Lipinski definition) is 1. The summed E-state index contributed by atoms with van der Waals surface area (Å²) in [7, 11) is 0. The molecule has 0 amide bonds. The van der Waals surface area contributed by atoms with Gasteiger partial charge in [-0.2, -0.15) is 0 Å². The Labute approximate surface area is 109 Å². The average molecular weight is 243 g/mol. The summed E-state index contributed by atoms with van der Waals surface area (Å²) in [5.41, 5.74) is 3.41. The third-order valence-electron chi connectivity index (χ3n) is 2.99. The smallest absolute Gasteiger partial charge is 0.107 e. The van der Waals surface area contributed by atoms with E-state index in [2.05, 4.69) is 47.4 Å². The minimum atomic E-state index is 0.488. The minimum Gasteiger partial charge on any atom is -0.324 e. The molecule has 0 aliphatic rings. The summed E-state index contributed by atoms with van der Waals surface area (Å²) in [6, 6.07) is 8.72. The van der Waals surface area contributed by atoms with Gasteiger partial charge in [0.15, 0.2) is 0 Å². The minimum absolute atomic E-state index is 0.488. The van der Waals surface area contributed by atoms with E-state index in [1.807, 2.05) is 19.1 Å². The van der Waals surface area contributed by atoms with Crippen LogP contribution in [0.15, 0.2) is 36.4 Å². The monoisotopic (exact) mass is 243 g/mol. The quantitative estimate of drug-likeness (QED) is 0.818. The van der Waals surface area contributed by atoms with Crippen LogP contribution in [0.25, 0.3) is 11.0 Å². The molecule has 96 valence electrons. The van der Waals surface area contributed by atoms with Crippen LogP contribution in [0, 0.1) is 6.92 Å². The number of nitrogens with one attached hydrogen (secondary N) is 1. The SMILES string of the molecule is C=C(CNC(C)C)Cn1c(C)nc2ccccc21. The molecule has 0 atom stereocenters. The fourth-order valence-corrected chi connectivity index (χ4v) is 2.02. The standard InChI is InChI=1S/C15H21N3/c1-11(2)16-9-12(3)10-18-13(4)17-14-7-5-6-8-15(14)18/h5-8,11,16H,3,9-10H2,1-2,4H3. The van der Waals surface area contributed by atoms with Crippen molar-refractivity contribution in [2.24, 2.45) is 0 Å². The lowest BCUT2D eigenvalue weighted by Crippen LogP contribution is -2.26. The van der Waals surface area contributed by atoms with E-state index in [9.17, 15) is 0 Å². The molecule has 1 aromatic carbocycles. The van der Waals surface area contributed by atoms with E-state index in [0.29, 0.717) is 6.04 Å². The van der Waals surface area contributed by atoms with Gasteiger partial charge in [-0.15, -0.1) is 0 Å². The molecule has 3 heteroatoms. The van der Waals surface area contributed by atoms with Crippen LogP contribution in [-0.2, 0) is 6.54 Å². The van der Waals surface area contributed by atoms with Gasteiger partial charge in [0.05, 0.1) is 11.0 Å². The molecule has 0 aliphatic heterocycles. The van der Waals surface area contributed by atoms with Crippen molar-refractivity contribution in [2.75, 3.05) is 6.54 Å². The van der Waals surface area contributed by atoms with Gasteiger partial charge in [0.25, 0.3) is 0 Å². The lowest BCUT2D eigenvalue weighted by atomic mass is 10.2. The summed E-state index contributed by atoms with van der Waals surface area (Å²) in [5, 5.41) is 3.39. The number of nitrogens with zero attached hydrogens (tertiary/aromatic N) is 2. The fourth-order valence-electron chi connectivity index (χ4n) is 2.02. The van der Waals surface area contributed by atoms with E-state index < -0.39 is 0 Å². The van der Waals surface area contributed by atoms with Gasteiger partial charge in [-0.25, -0.2) is 4.98 Å². The van der Waals surface area contributed by atoms with Crippen LogP contribution in [0.2, 0.25) is 0 Å². The molecule has 0 bridgehead atoms. The molecule has 0 spiro atoms. The first-order valence-electron chi connectivity index (χ1n) is 6.40. The first-order chi connectivity index (χ1) is 8.58. The molecule has 0 radical (unpaired) electrons. The molecule has 1 N–H and O–H groups in total. The Morgan fingerprint density at radius 2 is 2.11 bits per heavy atom. The molecule has 1 heterocycles. The number of fused-ring (bicyclic) bond motifs is 1. The molecular weight excluding hydrogens is 222 g/mol. The van der Waals surface area contributed by atoms with Crippen LogP contribution in [-0.4, -0.2) is 22.1 Å². The number of hydrogen-bond acceptors (Lipinski definition) is 2. The highest BCUT2D eigenvalue weighted by Gasteiger charge is 2.07. The predicted molar refractivity (Wildman–Crippen MR) is 76.7 cm³/mol. The highest BCUT2D eigenvalue weighted by atomic mass is 15.1. The van der Waals surface area contributed by atoms with E-state index >= 15 is 0 Å². The van der Waals surface area contributed by atoms with Crippen molar-refractivity contribution < 1.29 is 0 Å². The maximum absolute atomic E-state index is 4.56. The van der Waals surface area contributed by atoms with Crippen LogP contribution < -0.4 is 5.32 Å². The Morgan fingerprint density at radius 3 is 2.83 bits per heavy atom. The van der Waals surface area contributed by atoms with Crippen LogP contribution in [0.5, 0.6) is 0 Å². The van der Waals surface area contributed by atoms with Crippen molar-refractivity contribution >= 4 is 11.0 Å². The Hall–Kier alpha value is -1.61. The summed E-state index contributed by atoms with van der Waals surface area (Å²) < 4.78 is 2.22. The average Bonchev–Trinajstić information content (AvgIpc) is 2.64. The Bertz CT molecular complexity index is 552. The van der Waals surface area contributed by atoms with E-state index in [0.717, 1.165) is 24.4 Å². The Balaban J connectivity index is 2.16. The topological polar surface area (TPSA) is 29.9 Å². The van der Waals surface area contributed by atoms with E-state index in [1.54, 1.807) is 0 Å². The Morgan fingerprint density at radius 1 is 1.39 bits per heavy atom. The molecule has 0 saturated heterocycles. The molecule has 2 aromatic rings. The number of aromatic nitrogens is 2. The summed E-state index contributed by atoms with van der Waals surface area (Å²) in [6.45, 7) is 12.1. The lowest BCUT2D eigenvalue weighted by Gasteiger charge is -2.12. The zero-order valence-electron chi connectivity index (χ0n) is 11.4. The van der Waals surface area contributed by atoms with Crippen LogP contribution >= 0.6 is 0 Å². The van der Waals surface area contributed by atoms with E-state index in [1.165, 1.54) is 11.1 Å². The summed E-state index contributed by atoms with van der Waals surface area (Å²) in [6.07, 6.45) is 0. The van der Waals surface area contributed by atoms with Gasteiger partial charge in [-0.1, -0.05) is 32.6 Å². The van der Waals surface area contributed by atoms with Gasteiger partial charge in [0, 0.05) is 19.1 Å². The maximum atomic E-state index is 4.56. The maximum Gasteiger partial charge on any atom is 0.107 e. The molecule has 18 heavy (non-hydrogen) atoms. The highest BCUT2D eigenvalue weighted by Crippen LogP contribution is 2.16. The molecule has 0 saturated carbocycles. The number of imidazole rings is 1.